The lowest BCUT2D eigenvalue weighted by atomic mass is 10.2. The lowest BCUT2D eigenvalue weighted by molar-refractivity contribution is -0.114. The molecule has 0 aliphatic rings. The van der Waals surface area contributed by atoms with Crippen LogP contribution in [0.4, 0.5) is 5.69 Å². The van der Waals surface area contributed by atoms with Crippen molar-refractivity contribution in [3.63, 3.8) is 0 Å². The van der Waals surface area contributed by atoms with Gasteiger partial charge in [-0.2, -0.15) is 0 Å². The molecule has 2 aromatic rings. The molecule has 2 N–H and O–H groups in total. The first-order valence-electron chi connectivity index (χ1n) is 6.88. The molecule has 4 nitrogen and oxygen atoms in total. The van der Waals surface area contributed by atoms with Gasteiger partial charge in [-0.15, -0.1) is 11.8 Å². The number of carbonyl (C=O) groups excluding carboxylic acids is 2. The van der Waals surface area contributed by atoms with Crippen LogP contribution in [-0.4, -0.2) is 18.1 Å². The maximum Gasteiger partial charge on any atom is 0.252 e. The van der Waals surface area contributed by atoms with Crippen molar-refractivity contribution < 1.29 is 9.59 Å². The Morgan fingerprint density at radius 1 is 1.05 bits per heavy atom. The number of hydrogen-bond donors (Lipinski definition) is 2. The molecule has 2 aromatic carbocycles. The van der Waals surface area contributed by atoms with Crippen LogP contribution in [0.1, 0.15) is 22.8 Å². The van der Waals surface area contributed by atoms with E-state index in [-0.39, 0.29) is 11.8 Å². The first-order chi connectivity index (χ1) is 10.6. The first kappa shape index (κ1) is 16.1. The predicted octanol–water partition coefficient (Wildman–Crippen LogP) is 3.30. The van der Waals surface area contributed by atoms with E-state index in [1.165, 1.54) is 6.92 Å². The van der Waals surface area contributed by atoms with Gasteiger partial charge in [-0.25, -0.2) is 0 Å². The van der Waals surface area contributed by atoms with Crippen LogP contribution in [0, 0.1) is 0 Å². The van der Waals surface area contributed by atoms with Gasteiger partial charge in [0.15, 0.2) is 0 Å². The van der Waals surface area contributed by atoms with Gasteiger partial charge < -0.3 is 10.6 Å². The normalized spacial score (nSPS) is 10.1. The van der Waals surface area contributed by atoms with Crippen LogP contribution >= 0.6 is 11.8 Å². The smallest absolute Gasteiger partial charge is 0.252 e. The number of anilines is 1. The number of carbonyl (C=O) groups is 2. The van der Waals surface area contributed by atoms with Crippen molar-refractivity contribution in [1.82, 2.24) is 5.32 Å². The summed E-state index contributed by atoms with van der Waals surface area (Å²) in [5.41, 5.74) is 2.41. The number of benzene rings is 2. The van der Waals surface area contributed by atoms with Gasteiger partial charge in [0.2, 0.25) is 5.91 Å². The molecule has 0 heterocycles. The fourth-order valence-corrected chi connectivity index (χ4v) is 2.61. The molecule has 0 atom stereocenters. The lowest BCUT2D eigenvalue weighted by Gasteiger charge is -2.09. The molecule has 0 bridgehead atoms. The number of hydrogen-bond acceptors (Lipinski definition) is 3. The molecule has 0 spiro atoms. The van der Waals surface area contributed by atoms with Crippen LogP contribution in [0.2, 0.25) is 0 Å². The minimum absolute atomic E-state index is 0.0871. The van der Waals surface area contributed by atoms with Crippen molar-refractivity contribution >= 4 is 29.3 Å². The third kappa shape index (κ3) is 4.36. The van der Waals surface area contributed by atoms with Gasteiger partial charge in [-0.3, -0.25) is 9.59 Å². The van der Waals surface area contributed by atoms with E-state index in [1.807, 2.05) is 54.8 Å². The second-order valence-electron chi connectivity index (χ2n) is 4.76. The highest BCUT2D eigenvalue weighted by Gasteiger charge is 2.09. The molecule has 5 heteroatoms. The highest BCUT2D eigenvalue weighted by molar-refractivity contribution is 7.98. The Bertz CT molecular complexity index is 669. The second-order valence-corrected chi connectivity index (χ2v) is 5.61. The molecule has 22 heavy (non-hydrogen) atoms. The standard InChI is InChI=1S/C17H18N2O2S/c1-12(20)19-14-9-7-13(8-10-14)11-18-17(21)15-5-3-4-6-16(15)22-2/h3-10H,11H2,1-2H3,(H,18,21)(H,19,20). The van der Waals surface area contributed by atoms with E-state index in [2.05, 4.69) is 10.6 Å². The highest BCUT2D eigenvalue weighted by atomic mass is 32.2. The Balaban J connectivity index is 1.97. The number of thioether (sulfide) groups is 1. The number of rotatable bonds is 5. The van der Waals surface area contributed by atoms with Crippen molar-refractivity contribution in [2.45, 2.75) is 18.4 Å². The largest absolute Gasteiger partial charge is 0.348 e. The highest BCUT2D eigenvalue weighted by Crippen LogP contribution is 2.19. The van der Waals surface area contributed by atoms with Crippen molar-refractivity contribution in [3.8, 4) is 0 Å². The average Bonchev–Trinajstić information content (AvgIpc) is 2.53. The third-order valence-corrected chi connectivity index (χ3v) is 3.87. The Kier molecular flexibility index (Phi) is 5.61. The average molecular weight is 314 g/mol. The van der Waals surface area contributed by atoms with Gasteiger partial charge in [0.1, 0.15) is 0 Å². The Labute approximate surface area is 134 Å². The summed E-state index contributed by atoms with van der Waals surface area (Å²) < 4.78 is 0. The van der Waals surface area contributed by atoms with Gasteiger partial charge in [-0.1, -0.05) is 24.3 Å². The number of amides is 2. The summed E-state index contributed by atoms with van der Waals surface area (Å²) in [7, 11) is 0. The summed E-state index contributed by atoms with van der Waals surface area (Å²) in [5, 5.41) is 5.62. The van der Waals surface area contributed by atoms with Crippen LogP contribution in [0.25, 0.3) is 0 Å². The Morgan fingerprint density at radius 3 is 2.36 bits per heavy atom. The summed E-state index contributed by atoms with van der Waals surface area (Å²) >= 11 is 1.55. The minimum Gasteiger partial charge on any atom is -0.348 e. The van der Waals surface area contributed by atoms with Gasteiger partial charge in [-0.05, 0) is 36.1 Å². The van der Waals surface area contributed by atoms with E-state index >= 15 is 0 Å². The quantitative estimate of drug-likeness (QED) is 0.833. The molecule has 114 valence electrons. The van der Waals surface area contributed by atoms with Crippen LogP contribution in [-0.2, 0) is 11.3 Å². The SMILES string of the molecule is CSc1ccccc1C(=O)NCc1ccc(NC(C)=O)cc1. The molecule has 0 saturated heterocycles. The first-order valence-corrected chi connectivity index (χ1v) is 8.10. The van der Waals surface area contributed by atoms with Crippen LogP contribution in [0.3, 0.4) is 0 Å². The van der Waals surface area contributed by atoms with Crippen molar-refractivity contribution in [3.05, 3.63) is 59.7 Å². The summed E-state index contributed by atoms with van der Waals surface area (Å²) in [4.78, 5) is 24.1. The van der Waals surface area contributed by atoms with Crippen LogP contribution < -0.4 is 10.6 Å². The summed E-state index contributed by atoms with van der Waals surface area (Å²) in [6.07, 6.45) is 1.95. The minimum atomic E-state index is -0.102. The molecular formula is C17H18N2O2S. The monoisotopic (exact) mass is 314 g/mol. The molecular weight excluding hydrogens is 296 g/mol. The zero-order valence-corrected chi connectivity index (χ0v) is 13.4. The van der Waals surface area contributed by atoms with E-state index in [1.54, 1.807) is 11.8 Å². The van der Waals surface area contributed by atoms with Crippen molar-refractivity contribution in [1.29, 1.82) is 0 Å². The van der Waals surface area contributed by atoms with Gasteiger partial charge in [0.25, 0.3) is 5.91 Å². The molecule has 2 amide bonds. The van der Waals surface area contributed by atoms with Crippen molar-refractivity contribution in [2.24, 2.45) is 0 Å². The van der Waals surface area contributed by atoms with E-state index < -0.39 is 0 Å². The van der Waals surface area contributed by atoms with E-state index in [0.29, 0.717) is 12.1 Å². The summed E-state index contributed by atoms with van der Waals surface area (Å²) in [6.45, 7) is 1.92. The Hall–Kier alpha value is -2.27. The van der Waals surface area contributed by atoms with E-state index in [4.69, 9.17) is 0 Å². The zero-order valence-electron chi connectivity index (χ0n) is 12.6. The second kappa shape index (κ2) is 7.66. The van der Waals surface area contributed by atoms with Gasteiger partial charge in [0.05, 0.1) is 5.56 Å². The zero-order chi connectivity index (χ0) is 15.9. The lowest BCUT2D eigenvalue weighted by Crippen LogP contribution is -2.23. The fourth-order valence-electron chi connectivity index (χ4n) is 2.02. The van der Waals surface area contributed by atoms with Crippen LogP contribution in [0.15, 0.2) is 53.4 Å². The van der Waals surface area contributed by atoms with E-state index in [9.17, 15) is 9.59 Å². The van der Waals surface area contributed by atoms with Gasteiger partial charge in [0, 0.05) is 24.1 Å². The maximum absolute atomic E-state index is 12.2. The molecule has 0 aliphatic heterocycles. The molecule has 0 aromatic heterocycles. The third-order valence-electron chi connectivity index (χ3n) is 3.08. The van der Waals surface area contributed by atoms with E-state index in [0.717, 1.165) is 16.1 Å². The van der Waals surface area contributed by atoms with Gasteiger partial charge >= 0.3 is 0 Å². The van der Waals surface area contributed by atoms with Crippen LogP contribution in [0.5, 0.6) is 0 Å². The molecule has 2 rings (SSSR count). The predicted molar refractivity (Wildman–Crippen MR) is 90.1 cm³/mol. The molecule has 0 fully saturated rings. The molecule has 0 saturated carbocycles. The summed E-state index contributed by atoms with van der Waals surface area (Å²) in [6, 6.07) is 14.9. The molecule has 0 radical (unpaired) electrons. The molecule has 0 unspecified atom stereocenters. The molecule has 0 aliphatic carbocycles. The fraction of sp³-hybridized carbons (Fsp3) is 0.176. The topological polar surface area (TPSA) is 58.2 Å². The van der Waals surface area contributed by atoms with Crippen molar-refractivity contribution in [2.75, 3.05) is 11.6 Å². The maximum atomic E-state index is 12.2. The summed E-state index contributed by atoms with van der Waals surface area (Å²) in [5.74, 6) is -0.189. The Morgan fingerprint density at radius 2 is 1.73 bits per heavy atom. The number of nitrogens with one attached hydrogen (secondary N) is 2.